The maximum absolute atomic E-state index is 12.2. The van der Waals surface area contributed by atoms with Gasteiger partial charge < -0.3 is 10.6 Å². The van der Waals surface area contributed by atoms with Crippen molar-refractivity contribution in [2.75, 3.05) is 5.32 Å². The van der Waals surface area contributed by atoms with E-state index in [0.717, 1.165) is 18.5 Å². The minimum Gasteiger partial charge on any atom is -0.334 e. The lowest BCUT2D eigenvalue weighted by molar-refractivity contribution is 0.249. The van der Waals surface area contributed by atoms with Gasteiger partial charge in [-0.2, -0.15) is 0 Å². The van der Waals surface area contributed by atoms with Gasteiger partial charge in [0.05, 0.1) is 0 Å². The molecular formula is C19H20N2O. The number of carbonyl (C=O) groups is 1. The predicted octanol–water partition coefficient (Wildman–Crippen LogP) is 3.85. The summed E-state index contributed by atoms with van der Waals surface area (Å²) in [6, 6.07) is 16.7. The van der Waals surface area contributed by atoms with Gasteiger partial charge in [0, 0.05) is 11.7 Å². The topological polar surface area (TPSA) is 41.1 Å². The Labute approximate surface area is 130 Å². The molecule has 2 aromatic rings. The van der Waals surface area contributed by atoms with Crippen LogP contribution < -0.4 is 10.6 Å². The molecule has 2 aromatic carbocycles. The maximum Gasteiger partial charge on any atom is 0.319 e. The molecule has 0 spiro atoms. The lowest BCUT2D eigenvalue weighted by atomic mass is 10.1. The van der Waals surface area contributed by atoms with E-state index in [9.17, 15) is 4.79 Å². The van der Waals surface area contributed by atoms with Crippen molar-refractivity contribution in [3.8, 4) is 0 Å². The second-order valence-electron chi connectivity index (χ2n) is 6.37. The molecule has 0 radical (unpaired) electrons. The van der Waals surface area contributed by atoms with E-state index in [4.69, 9.17) is 0 Å². The van der Waals surface area contributed by atoms with Crippen molar-refractivity contribution in [3.05, 3.63) is 65.2 Å². The molecule has 0 heterocycles. The Kier molecular flexibility index (Phi) is 3.34. The normalized spacial score (nSPS) is 17.1. The maximum atomic E-state index is 12.2. The summed E-state index contributed by atoms with van der Waals surface area (Å²) in [7, 11) is 0. The van der Waals surface area contributed by atoms with Gasteiger partial charge in [-0.3, -0.25) is 0 Å². The molecule has 2 amide bonds. The fraction of sp³-hybridized carbons (Fsp3) is 0.316. The molecule has 1 saturated carbocycles. The molecule has 0 unspecified atom stereocenters. The number of amides is 2. The Morgan fingerprint density at radius 3 is 2.36 bits per heavy atom. The van der Waals surface area contributed by atoms with Crippen LogP contribution in [0.4, 0.5) is 10.5 Å². The predicted molar refractivity (Wildman–Crippen MR) is 88.2 cm³/mol. The monoisotopic (exact) mass is 292 g/mol. The summed E-state index contributed by atoms with van der Waals surface area (Å²) >= 11 is 0. The summed E-state index contributed by atoms with van der Waals surface area (Å²) in [6.45, 7) is 0. The second-order valence-corrected chi connectivity index (χ2v) is 6.37. The Morgan fingerprint density at radius 1 is 0.955 bits per heavy atom. The number of anilines is 1. The summed E-state index contributed by atoms with van der Waals surface area (Å²) < 4.78 is 0. The van der Waals surface area contributed by atoms with Crippen molar-refractivity contribution < 1.29 is 4.79 Å². The molecule has 0 bridgehead atoms. The minimum atomic E-state index is -0.106. The lowest BCUT2D eigenvalue weighted by Crippen LogP contribution is -2.38. The molecule has 2 N–H and O–H groups in total. The van der Waals surface area contributed by atoms with Crippen molar-refractivity contribution in [2.45, 2.75) is 37.6 Å². The van der Waals surface area contributed by atoms with Gasteiger partial charge in [0.25, 0.3) is 0 Å². The van der Waals surface area contributed by atoms with Crippen LogP contribution in [0, 0.1) is 0 Å². The molecule has 22 heavy (non-hydrogen) atoms. The number of fused-ring (bicyclic) bond motifs is 1. The number of urea groups is 1. The summed E-state index contributed by atoms with van der Waals surface area (Å²) in [4.78, 5) is 12.2. The third kappa shape index (κ3) is 2.84. The first-order chi connectivity index (χ1) is 10.8. The standard InChI is InChI=1S/C19H20N2O/c22-19(20-17-7-3-6-14(10-17)13-8-9-13)21-18-11-15-4-1-2-5-16(15)12-18/h1-7,10,13,18H,8-9,11-12H2,(H2,20,21,22). The molecule has 2 aliphatic rings. The number of nitrogens with one attached hydrogen (secondary N) is 2. The first-order valence-electron chi connectivity index (χ1n) is 8.02. The summed E-state index contributed by atoms with van der Waals surface area (Å²) in [5, 5.41) is 6.06. The Morgan fingerprint density at radius 2 is 1.68 bits per heavy atom. The molecule has 2 aliphatic carbocycles. The van der Waals surface area contributed by atoms with Crippen molar-refractivity contribution in [1.29, 1.82) is 0 Å². The summed E-state index contributed by atoms with van der Waals surface area (Å²) in [6.07, 6.45) is 4.39. The van der Waals surface area contributed by atoms with Crippen LogP contribution in [0.1, 0.15) is 35.4 Å². The van der Waals surface area contributed by atoms with Gasteiger partial charge >= 0.3 is 6.03 Å². The van der Waals surface area contributed by atoms with Gasteiger partial charge in [-0.15, -0.1) is 0 Å². The van der Waals surface area contributed by atoms with E-state index in [0.29, 0.717) is 5.92 Å². The SMILES string of the molecule is O=C(Nc1cccc(C2CC2)c1)NC1Cc2ccccc2C1. The van der Waals surface area contributed by atoms with E-state index in [2.05, 4.69) is 47.0 Å². The van der Waals surface area contributed by atoms with Gasteiger partial charge in [-0.25, -0.2) is 4.79 Å². The fourth-order valence-electron chi connectivity index (χ4n) is 3.30. The van der Waals surface area contributed by atoms with Crippen molar-refractivity contribution in [1.82, 2.24) is 5.32 Å². The largest absolute Gasteiger partial charge is 0.334 e. The lowest BCUT2D eigenvalue weighted by Gasteiger charge is -2.13. The van der Waals surface area contributed by atoms with Crippen LogP contribution >= 0.6 is 0 Å². The summed E-state index contributed by atoms with van der Waals surface area (Å²) in [5.74, 6) is 0.703. The van der Waals surface area contributed by atoms with Crippen LogP contribution in [0.15, 0.2) is 48.5 Å². The molecule has 0 aliphatic heterocycles. The van der Waals surface area contributed by atoms with Crippen LogP contribution in [0.3, 0.4) is 0 Å². The Balaban J connectivity index is 1.36. The molecule has 0 saturated heterocycles. The highest BCUT2D eigenvalue weighted by molar-refractivity contribution is 5.89. The van der Waals surface area contributed by atoms with Crippen molar-refractivity contribution in [2.24, 2.45) is 0 Å². The van der Waals surface area contributed by atoms with E-state index in [1.54, 1.807) is 0 Å². The smallest absolute Gasteiger partial charge is 0.319 e. The molecule has 4 rings (SSSR count). The average molecular weight is 292 g/mol. The highest BCUT2D eigenvalue weighted by Gasteiger charge is 2.24. The molecule has 3 nitrogen and oxygen atoms in total. The van der Waals surface area contributed by atoms with E-state index in [1.165, 1.54) is 29.5 Å². The highest BCUT2D eigenvalue weighted by atomic mass is 16.2. The third-order valence-corrected chi connectivity index (χ3v) is 4.58. The number of rotatable bonds is 3. The molecule has 112 valence electrons. The highest BCUT2D eigenvalue weighted by Crippen LogP contribution is 2.40. The fourth-order valence-corrected chi connectivity index (χ4v) is 3.30. The zero-order valence-electron chi connectivity index (χ0n) is 12.5. The van der Waals surface area contributed by atoms with Gasteiger partial charge in [-0.1, -0.05) is 36.4 Å². The van der Waals surface area contributed by atoms with Crippen LogP contribution in [0.25, 0.3) is 0 Å². The van der Waals surface area contributed by atoms with E-state index in [1.807, 2.05) is 12.1 Å². The first kappa shape index (κ1) is 13.4. The van der Waals surface area contributed by atoms with Gasteiger partial charge in [0.15, 0.2) is 0 Å². The Hall–Kier alpha value is -2.29. The number of hydrogen-bond donors (Lipinski definition) is 2. The van der Waals surface area contributed by atoms with Crippen LogP contribution in [-0.2, 0) is 12.8 Å². The zero-order chi connectivity index (χ0) is 14.9. The van der Waals surface area contributed by atoms with E-state index in [-0.39, 0.29) is 12.1 Å². The molecule has 0 atom stereocenters. The van der Waals surface area contributed by atoms with Crippen molar-refractivity contribution in [3.63, 3.8) is 0 Å². The summed E-state index contributed by atoms with van der Waals surface area (Å²) in [5.41, 5.74) is 4.93. The van der Waals surface area contributed by atoms with Crippen LogP contribution in [-0.4, -0.2) is 12.1 Å². The molecule has 0 aromatic heterocycles. The van der Waals surface area contributed by atoms with Crippen LogP contribution in [0.2, 0.25) is 0 Å². The first-order valence-corrected chi connectivity index (χ1v) is 8.02. The second kappa shape index (κ2) is 5.48. The molecule has 1 fully saturated rings. The number of hydrogen-bond acceptors (Lipinski definition) is 1. The Bertz CT molecular complexity index is 681. The molecular weight excluding hydrogens is 272 g/mol. The molecule has 3 heteroatoms. The van der Waals surface area contributed by atoms with Crippen molar-refractivity contribution >= 4 is 11.7 Å². The average Bonchev–Trinajstić information content (AvgIpc) is 3.28. The van der Waals surface area contributed by atoms with E-state index < -0.39 is 0 Å². The van der Waals surface area contributed by atoms with Crippen LogP contribution in [0.5, 0.6) is 0 Å². The van der Waals surface area contributed by atoms with Gasteiger partial charge in [0.1, 0.15) is 0 Å². The number of benzene rings is 2. The minimum absolute atomic E-state index is 0.106. The zero-order valence-corrected chi connectivity index (χ0v) is 12.5. The van der Waals surface area contributed by atoms with E-state index >= 15 is 0 Å². The number of carbonyl (C=O) groups excluding carboxylic acids is 1. The van der Waals surface area contributed by atoms with Gasteiger partial charge in [0.2, 0.25) is 0 Å². The third-order valence-electron chi connectivity index (χ3n) is 4.58. The van der Waals surface area contributed by atoms with Gasteiger partial charge in [-0.05, 0) is 60.4 Å². The quantitative estimate of drug-likeness (QED) is 0.886.